The Labute approximate surface area is 166 Å². The molecule has 8 heteroatoms. The van der Waals surface area contributed by atoms with Gasteiger partial charge in [0.25, 0.3) is 5.91 Å². The van der Waals surface area contributed by atoms with E-state index in [2.05, 4.69) is 5.32 Å². The van der Waals surface area contributed by atoms with Crippen LogP contribution in [0.1, 0.15) is 26.5 Å². The highest BCUT2D eigenvalue weighted by atomic mass is 35.5. The maximum absolute atomic E-state index is 12.9. The standard InChI is InChI=1S/C20H18ClNO6/c1-10-11-6-5-7-13(21)18(11)28-17(10)19(23)22-14-9-16(26-3)15(25-2)8-12(14)20(24)27-4/h5-9H,1-4H3,(H,22,23). The molecule has 2 aromatic carbocycles. The molecule has 0 aliphatic heterocycles. The van der Waals surface area contributed by atoms with Crippen molar-refractivity contribution in [2.75, 3.05) is 26.6 Å². The number of hydrogen-bond donors (Lipinski definition) is 1. The highest BCUT2D eigenvalue weighted by molar-refractivity contribution is 6.35. The van der Waals surface area contributed by atoms with Crippen LogP contribution in [0.4, 0.5) is 5.69 Å². The van der Waals surface area contributed by atoms with Gasteiger partial charge in [0.15, 0.2) is 22.8 Å². The Morgan fingerprint density at radius 3 is 2.36 bits per heavy atom. The third-order valence-electron chi connectivity index (χ3n) is 4.30. The molecule has 0 spiro atoms. The first-order chi connectivity index (χ1) is 13.4. The molecule has 0 aliphatic rings. The van der Waals surface area contributed by atoms with E-state index in [9.17, 15) is 9.59 Å². The molecule has 3 aromatic rings. The Morgan fingerprint density at radius 2 is 1.75 bits per heavy atom. The summed E-state index contributed by atoms with van der Waals surface area (Å²) in [6.45, 7) is 1.76. The minimum Gasteiger partial charge on any atom is -0.493 e. The lowest BCUT2D eigenvalue weighted by Crippen LogP contribution is -2.16. The Kier molecular flexibility index (Phi) is 5.46. The molecule has 1 aromatic heterocycles. The zero-order valence-electron chi connectivity index (χ0n) is 15.7. The summed E-state index contributed by atoms with van der Waals surface area (Å²) in [5.41, 5.74) is 1.36. The zero-order chi connectivity index (χ0) is 20.4. The van der Waals surface area contributed by atoms with Crippen molar-refractivity contribution in [3.05, 3.63) is 52.2 Å². The summed E-state index contributed by atoms with van der Waals surface area (Å²) in [5, 5.41) is 3.82. The molecule has 28 heavy (non-hydrogen) atoms. The first kappa shape index (κ1) is 19.6. The van der Waals surface area contributed by atoms with Crippen molar-refractivity contribution < 1.29 is 28.2 Å². The van der Waals surface area contributed by atoms with Crippen LogP contribution in [0.15, 0.2) is 34.7 Å². The number of carbonyl (C=O) groups excluding carboxylic acids is 2. The molecule has 0 fully saturated rings. The minimum absolute atomic E-state index is 0.0914. The fraction of sp³-hybridized carbons (Fsp3) is 0.200. The average Bonchev–Trinajstić information content (AvgIpc) is 3.05. The van der Waals surface area contributed by atoms with Crippen molar-refractivity contribution in [1.29, 1.82) is 0 Å². The van der Waals surface area contributed by atoms with Gasteiger partial charge in [-0.3, -0.25) is 4.79 Å². The molecule has 146 valence electrons. The molecule has 0 atom stereocenters. The topological polar surface area (TPSA) is 87.0 Å². The van der Waals surface area contributed by atoms with Crippen molar-refractivity contribution in [2.24, 2.45) is 0 Å². The number of amides is 1. The molecule has 0 unspecified atom stereocenters. The molecule has 7 nitrogen and oxygen atoms in total. The molecular weight excluding hydrogens is 386 g/mol. The molecule has 0 bridgehead atoms. The second-order valence-electron chi connectivity index (χ2n) is 5.87. The number of nitrogens with one attached hydrogen (secondary N) is 1. The van der Waals surface area contributed by atoms with Gasteiger partial charge >= 0.3 is 5.97 Å². The maximum Gasteiger partial charge on any atom is 0.340 e. The van der Waals surface area contributed by atoms with E-state index in [1.54, 1.807) is 19.1 Å². The third kappa shape index (κ3) is 3.36. The molecule has 1 heterocycles. The number of hydrogen-bond acceptors (Lipinski definition) is 6. The molecule has 3 rings (SSSR count). The van der Waals surface area contributed by atoms with E-state index in [1.807, 2.05) is 6.07 Å². The van der Waals surface area contributed by atoms with Crippen LogP contribution in [0.25, 0.3) is 11.0 Å². The third-order valence-corrected chi connectivity index (χ3v) is 4.60. The fourth-order valence-electron chi connectivity index (χ4n) is 2.87. The van der Waals surface area contributed by atoms with E-state index in [4.69, 9.17) is 30.2 Å². The van der Waals surface area contributed by atoms with E-state index < -0.39 is 11.9 Å². The van der Waals surface area contributed by atoms with Crippen LogP contribution in [0.3, 0.4) is 0 Å². The summed E-state index contributed by atoms with van der Waals surface area (Å²) in [7, 11) is 4.14. The summed E-state index contributed by atoms with van der Waals surface area (Å²) in [4.78, 5) is 25.0. The number of ether oxygens (including phenoxy) is 3. The van der Waals surface area contributed by atoms with Crippen molar-refractivity contribution >= 4 is 40.1 Å². The van der Waals surface area contributed by atoms with Gasteiger partial charge in [-0.15, -0.1) is 0 Å². The summed E-state index contributed by atoms with van der Waals surface area (Å²) >= 11 is 6.15. The van der Waals surface area contributed by atoms with Crippen molar-refractivity contribution in [3.8, 4) is 11.5 Å². The lowest BCUT2D eigenvalue weighted by molar-refractivity contribution is 0.0601. The zero-order valence-corrected chi connectivity index (χ0v) is 16.5. The van der Waals surface area contributed by atoms with Gasteiger partial charge in [0.1, 0.15) is 0 Å². The van der Waals surface area contributed by atoms with E-state index >= 15 is 0 Å². The number of fused-ring (bicyclic) bond motifs is 1. The number of benzene rings is 2. The highest BCUT2D eigenvalue weighted by Crippen LogP contribution is 2.35. The van der Waals surface area contributed by atoms with E-state index in [0.717, 1.165) is 5.39 Å². The Bertz CT molecular complexity index is 1070. The number of aryl methyl sites for hydroxylation is 1. The van der Waals surface area contributed by atoms with Gasteiger partial charge in [0.05, 0.1) is 37.6 Å². The lowest BCUT2D eigenvalue weighted by Gasteiger charge is -2.14. The quantitative estimate of drug-likeness (QED) is 0.633. The average molecular weight is 404 g/mol. The fourth-order valence-corrected chi connectivity index (χ4v) is 3.08. The molecule has 0 saturated carbocycles. The van der Waals surface area contributed by atoms with Gasteiger partial charge < -0.3 is 23.9 Å². The summed E-state index contributed by atoms with van der Waals surface area (Å²) in [6.07, 6.45) is 0. The Balaban J connectivity index is 2.05. The normalized spacial score (nSPS) is 10.6. The summed E-state index contributed by atoms with van der Waals surface area (Å²) in [6, 6.07) is 8.18. The molecule has 1 N–H and O–H groups in total. The van der Waals surface area contributed by atoms with Crippen molar-refractivity contribution in [3.63, 3.8) is 0 Å². The summed E-state index contributed by atoms with van der Waals surface area (Å²) < 4.78 is 20.9. The van der Waals surface area contributed by atoms with Crippen LogP contribution in [0, 0.1) is 6.92 Å². The smallest absolute Gasteiger partial charge is 0.340 e. The molecule has 0 radical (unpaired) electrons. The predicted molar refractivity (Wildman–Crippen MR) is 105 cm³/mol. The SMILES string of the molecule is COC(=O)c1cc(OC)c(OC)cc1NC(=O)c1oc2c(Cl)cccc2c1C. The highest BCUT2D eigenvalue weighted by Gasteiger charge is 2.23. The van der Waals surface area contributed by atoms with E-state index in [1.165, 1.54) is 33.5 Å². The Morgan fingerprint density at radius 1 is 1.07 bits per heavy atom. The van der Waals surface area contributed by atoms with Gasteiger partial charge in [0, 0.05) is 23.1 Å². The number of carbonyl (C=O) groups is 2. The minimum atomic E-state index is -0.638. The van der Waals surface area contributed by atoms with Crippen LogP contribution in [-0.2, 0) is 4.74 Å². The second-order valence-corrected chi connectivity index (χ2v) is 6.28. The van der Waals surface area contributed by atoms with Crippen molar-refractivity contribution in [2.45, 2.75) is 6.92 Å². The van der Waals surface area contributed by atoms with Crippen LogP contribution in [0.2, 0.25) is 5.02 Å². The number of rotatable bonds is 5. The molecular formula is C20H18ClNO6. The molecule has 0 aliphatic carbocycles. The van der Waals surface area contributed by atoms with Gasteiger partial charge in [-0.25, -0.2) is 4.79 Å². The van der Waals surface area contributed by atoms with E-state index in [0.29, 0.717) is 27.7 Å². The van der Waals surface area contributed by atoms with E-state index in [-0.39, 0.29) is 17.0 Å². The number of para-hydroxylation sites is 1. The maximum atomic E-state index is 12.9. The largest absolute Gasteiger partial charge is 0.493 e. The van der Waals surface area contributed by atoms with Gasteiger partial charge in [-0.2, -0.15) is 0 Å². The van der Waals surface area contributed by atoms with Gasteiger partial charge in [-0.1, -0.05) is 23.7 Å². The number of anilines is 1. The van der Waals surface area contributed by atoms with Gasteiger partial charge in [-0.05, 0) is 13.0 Å². The lowest BCUT2D eigenvalue weighted by atomic mass is 10.1. The second kappa shape index (κ2) is 7.82. The monoisotopic (exact) mass is 403 g/mol. The number of methoxy groups -OCH3 is 3. The first-order valence-corrected chi connectivity index (χ1v) is 8.62. The van der Waals surface area contributed by atoms with Gasteiger partial charge in [0.2, 0.25) is 0 Å². The van der Waals surface area contributed by atoms with Crippen molar-refractivity contribution in [1.82, 2.24) is 0 Å². The number of furan rings is 1. The summed E-state index contributed by atoms with van der Waals surface area (Å²) in [5.74, 6) is -0.418. The van der Waals surface area contributed by atoms with Crippen LogP contribution in [-0.4, -0.2) is 33.2 Å². The first-order valence-electron chi connectivity index (χ1n) is 8.24. The number of halogens is 1. The van der Waals surface area contributed by atoms with Crippen LogP contribution in [0.5, 0.6) is 11.5 Å². The Hall–Kier alpha value is -3.19. The van der Waals surface area contributed by atoms with Crippen LogP contribution < -0.4 is 14.8 Å². The molecule has 1 amide bonds. The van der Waals surface area contributed by atoms with Crippen LogP contribution >= 0.6 is 11.6 Å². The predicted octanol–water partition coefficient (Wildman–Crippen LogP) is 4.45. The number of esters is 1. The molecule has 0 saturated heterocycles.